The number of hydrogen-bond donors (Lipinski definition) is 1. The molecule has 4 nitrogen and oxygen atoms in total. The molecule has 1 aliphatic heterocycles. The fourth-order valence-electron chi connectivity index (χ4n) is 3.52. The van der Waals surface area contributed by atoms with Gasteiger partial charge in [0, 0.05) is 53.6 Å². The molecule has 1 aliphatic rings. The second-order valence-electron chi connectivity index (χ2n) is 7.10. The molecule has 1 aromatic heterocycles. The lowest BCUT2D eigenvalue weighted by Crippen LogP contribution is -2.34. The van der Waals surface area contributed by atoms with Crippen molar-refractivity contribution < 1.29 is 4.79 Å². The van der Waals surface area contributed by atoms with E-state index in [1.165, 1.54) is 30.2 Å². The topological polar surface area (TPSA) is 37.3 Å². The van der Waals surface area contributed by atoms with Gasteiger partial charge in [0.15, 0.2) is 0 Å². The van der Waals surface area contributed by atoms with Gasteiger partial charge in [-0.1, -0.05) is 29.8 Å². The molecule has 0 unspecified atom stereocenters. The molecule has 1 amide bonds. The van der Waals surface area contributed by atoms with Crippen molar-refractivity contribution in [1.29, 1.82) is 0 Å². The van der Waals surface area contributed by atoms with Gasteiger partial charge in [-0.25, -0.2) is 0 Å². The molecular weight excluding hydrogens is 390 g/mol. The van der Waals surface area contributed by atoms with Gasteiger partial charge in [0.1, 0.15) is 6.54 Å². The van der Waals surface area contributed by atoms with E-state index in [4.69, 9.17) is 11.6 Å². The van der Waals surface area contributed by atoms with E-state index in [-0.39, 0.29) is 12.5 Å². The van der Waals surface area contributed by atoms with Crippen LogP contribution in [0, 0.1) is 0 Å². The maximum atomic E-state index is 12.5. The van der Waals surface area contributed by atoms with Crippen molar-refractivity contribution in [3.05, 3.63) is 65.3 Å². The van der Waals surface area contributed by atoms with Crippen LogP contribution in [0.15, 0.2) is 54.7 Å². The van der Waals surface area contributed by atoms with E-state index in [2.05, 4.69) is 22.3 Å². The van der Waals surface area contributed by atoms with Gasteiger partial charge in [0.25, 0.3) is 0 Å². The number of anilines is 1. The Bertz CT molecular complexity index is 948. The zero-order valence-electron chi connectivity index (χ0n) is 15.7. The summed E-state index contributed by atoms with van der Waals surface area (Å²) < 4.78 is 1.92. The van der Waals surface area contributed by atoms with Gasteiger partial charge in [0.2, 0.25) is 5.91 Å². The van der Waals surface area contributed by atoms with E-state index in [0.717, 1.165) is 29.6 Å². The summed E-state index contributed by atoms with van der Waals surface area (Å²) >= 11 is 8.13. The highest BCUT2D eigenvalue weighted by Gasteiger charge is 2.10. The fraction of sp³-hybridized carbons (Fsp3) is 0.318. The number of hydrogen-bond acceptors (Lipinski definition) is 3. The highest BCUT2D eigenvalue weighted by molar-refractivity contribution is 7.99. The number of benzene rings is 2. The van der Waals surface area contributed by atoms with Crippen LogP contribution in [0.25, 0.3) is 10.9 Å². The molecule has 4 rings (SSSR count). The second kappa shape index (κ2) is 9.03. The van der Waals surface area contributed by atoms with Crippen LogP contribution in [-0.2, 0) is 17.8 Å². The van der Waals surface area contributed by atoms with Crippen molar-refractivity contribution in [2.75, 3.05) is 36.5 Å². The average molecular weight is 414 g/mol. The van der Waals surface area contributed by atoms with Crippen LogP contribution >= 0.6 is 23.4 Å². The van der Waals surface area contributed by atoms with Crippen LogP contribution in [0.5, 0.6) is 0 Å². The second-order valence-corrected chi connectivity index (χ2v) is 8.76. The van der Waals surface area contributed by atoms with Crippen LogP contribution in [-0.4, -0.2) is 46.5 Å². The van der Waals surface area contributed by atoms with Gasteiger partial charge in [0.05, 0.1) is 0 Å². The lowest BCUT2D eigenvalue weighted by molar-refractivity contribution is -0.116. The molecule has 1 saturated heterocycles. The number of halogens is 1. The minimum absolute atomic E-state index is 0.0453. The number of nitrogens with one attached hydrogen (secondary N) is 1. The molecule has 6 heteroatoms. The van der Waals surface area contributed by atoms with Gasteiger partial charge >= 0.3 is 0 Å². The number of rotatable bonds is 6. The zero-order valence-corrected chi connectivity index (χ0v) is 17.3. The summed E-state index contributed by atoms with van der Waals surface area (Å²) in [4.78, 5) is 15.0. The molecule has 0 saturated carbocycles. The maximum absolute atomic E-state index is 12.5. The van der Waals surface area contributed by atoms with Crippen LogP contribution in [0.4, 0.5) is 5.69 Å². The molecule has 2 heterocycles. The van der Waals surface area contributed by atoms with Crippen molar-refractivity contribution in [1.82, 2.24) is 9.47 Å². The van der Waals surface area contributed by atoms with E-state index in [9.17, 15) is 4.79 Å². The Morgan fingerprint density at radius 3 is 2.64 bits per heavy atom. The van der Waals surface area contributed by atoms with E-state index in [1.54, 1.807) is 0 Å². The van der Waals surface area contributed by atoms with Gasteiger partial charge in [-0.05, 0) is 47.7 Å². The average Bonchev–Trinajstić information content (AvgIpc) is 3.10. The molecule has 3 aromatic rings. The Kier molecular flexibility index (Phi) is 6.25. The van der Waals surface area contributed by atoms with Crippen molar-refractivity contribution in [3.8, 4) is 0 Å². The summed E-state index contributed by atoms with van der Waals surface area (Å²) in [5.41, 5.74) is 3.11. The van der Waals surface area contributed by atoms with Gasteiger partial charge in [-0.3, -0.25) is 4.79 Å². The number of thioether (sulfide) groups is 1. The minimum Gasteiger partial charge on any atom is -0.338 e. The SMILES string of the molecule is O=C(Cn1ccc2ccc(Cl)cc21)Nc1ccc(CCN2CCSCC2)cc1. The third kappa shape index (κ3) is 4.90. The van der Waals surface area contributed by atoms with Crippen LogP contribution in [0.1, 0.15) is 5.56 Å². The van der Waals surface area contributed by atoms with Crippen LogP contribution in [0.2, 0.25) is 5.02 Å². The zero-order chi connectivity index (χ0) is 19.3. The highest BCUT2D eigenvalue weighted by atomic mass is 35.5. The van der Waals surface area contributed by atoms with Crippen molar-refractivity contribution in [3.63, 3.8) is 0 Å². The Balaban J connectivity index is 1.32. The van der Waals surface area contributed by atoms with Crippen molar-refractivity contribution in [2.24, 2.45) is 0 Å². The van der Waals surface area contributed by atoms with Crippen LogP contribution in [0.3, 0.4) is 0 Å². The van der Waals surface area contributed by atoms with E-state index >= 15 is 0 Å². The monoisotopic (exact) mass is 413 g/mol. The normalized spacial score (nSPS) is 15.0. The van der Waals surface area contributed by atoms with Gasteiger partial charge in [-0.15, -0.1) is 0 Å². The first-order chi connectivity index (χ1) is 13.7. The molecule has 0 bridgehead atoms. The van der Waals surface area contributed by atoms with Crippen molar-refractivity contribution >= 4 is 45.9 Å². The molecule has 0 aliphatic carbocycles. The number of fused-ring (bicyclic) bond motifs is 1. The fourth-order valence-corrected chi connectivity index (χ4v) is 4.66. The summed E-state index contributed by atoms with van der Waals surface area (Å²) in [5, 5.41) is 4.74. The number of aromatic nitrogens is 1. The Labute approximate surface area is 174 Å². The first-order valence-corrected chi connectivity index (χ1v) is 11.1. The number of amides is 1. The quantitative estimate of drug-likeness (QED) is 0.645. The van der Waals surface area contributed by atoms with Gasteiger partial charge in [-0.2, -0.15) is 11.8 Å². The minimum atomic E-state index is -0.0453. The molecule has 2 aromatic carbocycles. The van der Waals surface area contributed by atoms with E-state index in [1.807, 2.05) is 58.9 Å². The molecule has 0 atom stereocenters. The maximum Gasteiger partial charge on any atom is 0.244 e. The first kappa shape index (κ1) is 19.4. The van der Waals surface area contributed by atoms with Gasteiger partial charge < -0.3 is 14.8 Å². The lowest BCUT2D eigenvalue weighted by atomic mass is 10.1. The Hall–Kier alpha value is -1.95. The molecule has 146 valence electrons. The predicted octanol–water partition coefficient (Wildman–Crippen LogP) is 4.52. The summed E-state index contributed by atoms with van der Waals surface area (Å²) in [6.45, 7) is 3.75. The largest absolute Gasteiger partial charge is 0.338 e. The molecule has 1 fully saturated rings. The summed E-state index contributed by atoms with van der Waals surface area (Å²) in [5.74, 6) is 2.44. The Morgan fingerprint density at radius 1 is 1.07 bits per heavy atom. The number of nitrogens with zero attached hydrogens (tertiary/aromatic N) is 2. The Morgan fingerprint density at radius 2 is 1.86 bits per heavy atom. The number of carbonyl (C=O) groups is 1. The summed E-state index contributed by atoms with van der Waals surface area (Å²) in [7, 11) is 0. The highest BCUT2D eigenvalue weighted by Crippen LogP contribution is 2.21. The van der Waals surface area contributed by atoms with Crippen molar-refractivity contribution in [2.45, 2.75) is 13.0 Å². The number of carbonyl (C=O) groups excluding carboxylic acids is 1. The van der Waals surface area contributed by atoms with E-state index < -0.39 is 0 Å². The smallest absolute Gasteiger partial charge is 0.244 e. The van der Waals surface area contributed by atoms with Crippen LogP contribution < -0.4 is 5.32 Å². The third-order valence-corrected chi connectivity index (χ3v) is 6.29. The first-order valence-electron chi connectivity index (χ1n) is 9.61. The summed E-state index contributed by atoms with van der Waals surface area (Å²) in [6.07, 6.45) is 2.97. The standard InChI is InChI=1S/C22H24ClN3OS/c23-19-4-3-18-8-10-26(21(18)15-19)16-22(27)24-20-5-1-17(2-6-20)7-9-25-11-13-28-14-12-25/h1-6,8,10,15H,7,9,11-14,16H2,(H,24,27). The molecular formula is C22H24ClN3OS. The lowest BCUT2D eigenvalue weighted by Gasteiger charge is -2.26. The summed E-state index contributed by atoms with van der Waals surface area (Å²) in [6, 6.07) is 15.9. The molecule has 28 heavy (non-hydrogen) atoms. The molecule has 0 radical (unpaired) electrons. The molecule has 0 spiro atoms. The predicted molar refractivity (Wildman–Crippen MR) is 119 cm³/mol. The van der Waals surface area contributed by atoms with E-state index in [0.29, 0.717) is 5.02 Å². The third-order valence-electron chi connectivity index (χ3n) is 5.11. The molecule has 1 N–H and O–H groups in total.